The van der Waals surface area contributed by atoms with Gasteiger partial charge in [-0.3, -0.25) is 9.59 Å². The third-order valence-corrected chi connectivity index (χ3v) is 5.68. The van der Waals surface area contributed by atoms with Gasteiger partial charge in [0.25, 0.3) is 0 Å². The van der Waals surface area contributed by atoms with Crippen LogP contribution < -0.4 is 15.5 Å². The van der Waals surface area contributed by atoms with Gasteiger partial charge in [-0.15, -0.1) is 10.2 Å². The van der Waals surface area contributed by atoms with Crippen LogP contribution in [0.2, 0.25) is 0 Å². The highest BCUT2D eigenvalue weighted by molar-refractivity contribution is 7.99. The summed E-state index contributed by atoms with van der Waals surface area (Å²) in [6.07, 6.45) is 4.18. The first-order valence-electron chi connectivity index (χ1n) is 9.94. The summed E-state index contributed by atoms with van der Waals surface area (Å²) < 4.78 is 5.18. The smallest absolute Gasteiger partial charge is 0.230 e. The van der Waals surface area contributed by atoms with Crippen LogP contribution in [0.1, 0.15) is 31.9 Å². The number of rotatable bonds is 9. The van der Waals surface area contributed by atoms with Crippen LogP contribution in [-0.2, 0) is 16.1 Å². The summed E-state index contributed by atoms with van der Waals surface area (Å²) in [7, 11) is 0. The number of nitrogens with zero attached hydrogens (tertiary/aromatic N) is 3. The molecular weight excluding hydrogens is 390 g/mol. The molecule has 3 heterocycles. The van der Waals surface area contributed by atoms with Gasteiger partial charge in [-0.25, -0.2) is 0 Å². The molecule has 0 saturated carbocycles. The SMILES string of the molecule is CCCNC(=O)C1CCN(c2ccc(SCC(=O)NCc3ccco3)nn2)CC1. The number of hydrogen-bond donors (Lipinski definition) is 2. The lowest BCUT2D eigenvalue weighted by Gasteiger charge is -2.31. The molecule has 2 aromatic heterocycles. The molecule has 1 saturated heterocycles. The summed E-state index contributed by atoms with van der Waals surface area (Å²) in [5.74, 6) is 1.96. The normalized spacial score (nSPS) is 14.6. The number of aromatic nitrogens is 2. The van der Waals surface area contributed by atoms with Crippen LogP contribution in [0.15, 0.2) is 40.0 Å². The predicted octanol–water partition coefficient (Wildman–Crippen LogP) is 2.22. The Bertz CT molecular complexity index is 774. The zero-order valence-corrected chi connectivity index (χ0v) is 17.4. The average molecular weight is 418 g/mol. The van der Waals surface area contributed by atoms with E-state index in [4.69, 9.17) is 4.42 Å². The highest BCUT2D eigenvalue weighted by Gasteiger charge is 2.25. The summed E-state index contributed by atoms with van der Waals surface area (Å²) in [4.78, 5) is 26.2. The molecule has 1 fully saturated rings. The van der Waals surface area contributed by atoms with Crippen LogP contribution in [0, 0.1) is 5.92 Å². The van der Waals surface area contributed by atoms with Gasteiger partial charge in [-0.1, -0.05) is 18.7 Å². The first-order valence-corrected chi connectivity index (χ1v) is 10.9. The Labute approximate surface area is 174 Å². The van der Waals surface area contributed by atoms with Crippen molar-refractivity contribution in [2.75, 3.05) is 30.3 Å². The van der Waals surface area contributed by atoms with Crippen LogP contribution in [0.4, 0.5) is 5.82 Å². The van der Waals surface area contributed by atoms with E-state index in [1.54, 1.807) is 12.3 Å². The van der Waals surface area contributed by atoms with Gasteiger partial charge >= 0.3 is 0 Å². The van der Waals surface area contributed by atoms with E-state index in [1.165, 1.54) is 11.8 Å². The monoisotopic (exact) mass is 417 g/mol. The standard InChI is InChI=1S/C20H27N5O3S/c1-2-9-21-20(27)15-7-10-25(11-8-15)17-5-6-19(24-23-17)29-14-18(26)22-13-16-4-3-12-28-16/h3-6,12,15H,2,7-11,13-14H2,1H3,(H,21,27)(H,22,26). The van der Waals surface area contributed by atoms with Crippen molar-refractivity contribution in [2.24, 2.45) is 5.92 Å². The van der Waals surface area contributed by atoms with E-state index in [1.807, 2.05) is 18.2 Å². The molecule has 2 N–H and O–H groups in total. The van der Waals surface area contributed by atoms with Crippen molar-refractivity contribution in [3.63, 3.8) is 0 Å². The first-order chi connectivity index (χ1) is 14.2. The van der Waals surface area contributed by atoms with Gasteiger partial charge in [0.1, 0.15) is 10.8 Å². The van der Waals surface area contributed by atoms with Crippen molar-refractivity contribution < 1.29 is 14.0 Å². The molecule has 0 atom stereocenters. The number of furan rings is 1. The van der Waals surface area contributed by atoms with Crippen molar-refractivity contribution in [3.8, 4) is 0 Å². The Morgan fingerprint density at radius 1 is 1.21 bits per heavy atom. The predicted molar refractivity (Wildman–Crippen MR) is 112 cm³/mol. The molecule has 29 heavy (non-hydrogen) atoms. The van der Waals surface area contributed by atoms with Crippen molar-refractivity contribution in [1.82, 2.24) is 20.8 Å². The number of nitrogens with one attached hydrogen (secondary N) is 2. The van der Waals surface area contributed by atoms with E-state index in [0.29, 0.717) is 11.6 Å². The van der Waals surface area contributed by atoms with E-state index in [-0.39, 0.29) is 23.5 Å². The molecule has 0 bridgehead atoms. The molecule has 0 spiro atoms. The summed E-state index contributed by atoms with van der Waals surface area (Å²) in [5, 5.41) is 15.0. The van der Waals surface area contributed by atoms with E-state index in [9.17, 15) is 9.59 Å². The molecule has 2 amide bonds. The van der Waals surface area contributed by atoms with Crippen molar-refractivity contribution in [1.29, 1.82) is 0 Å². The Morgan fingerprint density at radius 3 is 2.69 bits per heavy atom. The number of thioether (sulfide) groups is 1. The summed E-state index contributed by atoms with van der Waals surface area (Å²) in [6.45, 7) is 4.76. The Morgan fingerprint density at radius 2 is 2.03 bits per heavy atom. The van der Waals surface area contributed by atoms with Crippen LogP contribution in [-0.4, -0.2) is 47.4 Å². The second kappa shape index (κ2) is 10.8. The Hall–Kier alpha value is -2.55. The van der Waals surface area contributed by atoms with Gasteiger partial charge in [-0.2, -0.15) is 0 Å². The van der Waals surface area contributed by atoms with Crippen molar-refractivity contribution in [3.05, 3.63) is 36.3 Å². The van der Waals surface area contributed by atoms with Gasteiger partial charge in [0.2, 0.25) is 11.8 Å². The third-order valence-electron chi connectivity index (χ3n) is 4.76. The molecule has 0 unspecified atom stereocenters. The fourth-order valence-corrected chi connectivity index (χ4v) is 3.76. The van der Waals surface area contributed by atoms with Crippen LogP contribution in [0.3, 0.4) is 0 Å². The Kier molecular flexibility index (Phi) is 7.92. The number of piperidine rings is 1. The van der Waals surface area contributed by atoms with E-state index < -0.39 is 0 Å². The maximum Gasteiger partial charge on any atom is 0.230 e. The number of anilines is 1. The van der Waals surface area contributed by atoms with Crippen molar-refractivity contribution >= 4 is 29.4 Å². The lowest BCUT2D eigenvalue weighted by molar-refractivity contribution is -0.125. The van der Waals surface area contributed by atoms with Crippen molar-refractivity contribution in [2.45, 2.75) is 37.8 Å². The maximum atomic E-state index is 12.1. The lowest BCUT2D eigenvalue weighted by atomic mass is 9.96. The second-order valence-electron chi connectivity index (χ2n) is 6.93. The Balaban J connectivity index is 1.40. The summed E-state index contributed by atoms with van der Waals surface area (Å²) in [5.41, 5.74) is 0. The van der Waals surface area contributed by atoms with Gasteiger partial charge in [0.15, 0.2) is 5.82 Å². The summed E-state index contributed by atoms with van der Waals surface area (Å²) >= 11 is 1.35. The lowest BCUT2D eigenvalue weighted by Crippen LogP contribution is -2.41. The van der Waals surface area contributed by atoms with E-state index in [0.717, 1.165) is 50.5 Å². The minimum absolute atomic E-state index is 0.0827. The highest BCUT2D eigenvalue weighted by atomic mass is 32.2. The zero-order chi connectivity index (χ0) is 20.5. The summed E-state index contributed by atoms with van der Waals surface area (Å²) in [6, 6.07) is 7.41. The maximum absolute atomic E-state index is 12.1. The molecule has 8 nitrogen and oxygen atoms in total. The fourth-order valence-electron chi connectivity index (χ4n) is 3.11. The molecule has 1 aliphatic rings. The largest absolute Gasteiger partial charge is 0.467 e. The molecule has 2 aromatic rings. The van der Waals surface area contributed by atoms with E-state index >= 15 is 0 Å². The number of carbonyl (C=O) groups excluding carboxylic acids is 2. The molecule has 156 valence electrons. The van der Waals surface area contributed by atoms with Crippen LogP contribution in [0.5, 0.6) is 0 Å². The average Bonchev–Trinajstić information content (AvgIpc) is 3.29. The topological polar surface area (TPSA) is 100 Å². The third kappa shape index (κ3) is 6.49. The second-order valence-corrected chi connectivity index (χ2v) is 7.92. The van der Waals surface area contributed by atoms with Gasteiger partial charge in [-0.05, 0) is 43.5 Å². The molecular formula is C20H27N5O3S. The van der Waals surface area contributed by atoms with Gasteiger partial charge in [0.05, 0.1) is 18.6 Å². The van der Waals surface area contributed by atoms with Gasteiger partial charge in [0, 0.05) is 25.6 Å². The quantitative estimate of drug-likeness (QED) is 0.604. The minimum Gasteiger partial charge on any atom is -0.467 e. The fraction of sp³-hybridized carbons (Fsp3) is 0.500. The zero-order valence-electron chi connectivity index (χ0n) is 16.6. The molecule has 1 aliphatic heterocycles. The highest BCUT2D eigenvalue weighted by Crippen LogP contribution is 2.23. The number of carbonyl (C=O) groups is 2. The number of hydrogen-bond acceptors (Lipinski definition) is 7. The molecule has 0 aliphatic carbocycles. The van der Waals surface area contributed by atoms with Gasteiger partial charge < -0.3 is 20.0 Å². The molecule has 0 radical (unpaired) electrons. The molecule has 9 heteroatoms. The van der Waals surface area contributed by atoms with Crippen LogP contribution >= 0.6 is 11.8 Å². The minimum atomic E-state index is -0.0827. The van der Waals surface area contributed by atoms with Crippen LogP contribution in [0.25, 0.3) is 0 Å². The number of amides is 2. The van der Waals surface area contributed by atoms with E-state index in [2.05, 4.69) is 32.7 Å². The molecule has 0 aromatic carbocycles. The first kappa shape index (κ1) is 21.2. The molecule has 3 rings (SSSR count).